The fourth-order valence-electron chi connectivity index (χ4n) is 23.6. The second-order valence-electron chi connectivity index (χ2n) is 39.3. The van der Waals surface area contributed by atoms with Crippen molar-refractivity contribution in [2.75, 3.05) is 0 Å². The van der Waals surface area contributed by atoms with Gasteiger partial charge in [-0.1, -0.05) is 356 Å². The molecule has 0 amide bonds. The summed E-state index contributed by atoms with van der Waals surface area (Å²) < 4.78 is 74.4. The molecule has 0 aromatic heterocycles. The molecular formula is C117H117F3O3S. The van der Waals surface area contributed by atoms with Gasteiger partial charge in [0.2, 0.25) is 0 Å². The van der Waals surface area contributed by atoms with Crippen molar-refractivity contribution in [3.05, 3.63) is 315 Å². The van der Waals surface area contributed by atoms with Gasteiger partial charge in [-0.2, -0.15) is 21.6 Å². The third kappa shape index (κ3) is 13.6. The molecule has 124 heavy (non-hydrogen) atoms. The van der Waals surface area contributed by atoms with Crippen LogP contribution in [0.4, 0.5) is 13.2 Å². The number of unbranched alkanes of at least 4 members (excludes halogenated alkanes) is 12. The molecule has 6 aliphatic carbocycles. The average molecular weight is 1660 g/mol. The minimum Gasteiger partial charge on any atom is -0.376 e. The van der Waals surface area contributed by atoms with Crippen LogP contribution in [0.1, 0.15) is 278 Å². The minimum atomic E-state index is -6.04. The molecule has 0 heterocycles. The maximum Gasteiger partial charge on any atom is 0.534 e. The molecule has 630 valence electrons. The Morgan fingerprint density at radius 3 is 0.661 bits per heavy atom. The van der Waals surface area contributed by atoms with E-state index >= 15 is 0 Å². The van der Waals surface area contributed by atoms with Gasteiger partial charge in [0.05, 0.1) is 0 Å². The van der Waals surface area contributed by atoms with E-state index in [0.29, 0.717) is 11.1 Å². The zero-order valence-corrected chi connectivity index (χ0v) is 75.4. The van der Waals surface area contributed by atoms with Crippen molar-refractivity contribution in [3.8, 4) is 139 Å². The van der Waals surface area contributed by atoms with Crippen LogP contribution in [-0.4, -0.2) is 13.9 Å². The van der Waals surface area contributed by atoms with E-state index in [-0.39, 0.29) is 21.7 Å². The number of alkyl halides is 3. The first-order valence-corrected chi connectivity index (χ1v) is 47.9. The predicted octanol–water partition coefficient (Wildman–Crippen LogP) is 33.6. The van der Waals surface area contributed by atoms with Crippen LogP contribution in [0, 0.1) is 0 Å². The van der Waals surface area contributed by atoms with Crippen LogP contribution < -0.4 is 4.18 Å². The Balaban J connectivity index is 0.587. The van der Waals surface area contributed by atoms with Crippen molar-refractivity contribution < 1.29 is 25.8 Å². The number of hydrogen-bond donors (Lipinski definition) is 0. The lowest BCUT2D eigenvalue weighted by molar-refractivity contribution is -0.0500. The first-order valence-electron chi connectivity index (χ1n) is 46.5. The largest absolute Gasteiger partial charge is 0.534 e. The monoisotopic (exact) mass is 1660 g/mol. The van der Waals surface area contributed by atoms with Crippen LogP contribution >= 0.6 is 0 Å². The van der Waals surface area contributed by atoms with Gasteiger partial charge in [-0.05, 0) is 305 Å². The highest BCUT2D eigenvalue weighted by Gasteiger charge is 2.50. The summed E-state index contributed by atoms with van der Waals surface area (Å²) in [6.07, 6.45) is 24.7. The first kappa shape index (κ1) is 83.0. The molecule has 19 rings (SSSR count). The van der Waals surface area contributed by atoms with Crippen LogP contribution in [0.15, 0.2) is 249 Å². The minimum absolute atomic E-state index is 0.00664. The van der Waals surface area contributed by atoms with Gasteiger partial charge in [0.25, 0.3) is 0 Å². The SMILES string of the molecule is CCCCCCC1(CCCCCC)c2ccccc2-c2ccc(-c3ccc4c(c3)C(C)(C)c3cc(-c5ccc6c(c5)C(C)(C)c5cc(-c7cc(OS(=O)(=O)C(F)(F)F)cc(-c8ccc9c(c8)C(C)(C)c8cc(-c%10ccc%11c(c%10)C(C)(C)c%10cc(-c%12ccc%13c(c%12)C(CCCCCC)(CCCCCC)c%12ccccc%12-%13)ccc%10-%11)ccc8-9)c7)ccc5-6)ccc3-4)cc21. The van der Waals surface area contributed by atoms with E-state index in [1.165, 1.54) is 263 Å². The van der Waals surface area contributed by atoms with Crippen LogP contribution in [0.5, 0.6) is 5.75 Å². The standard InChI is InChI=1S/C117H117F3O3S/c1-13-17-21-29-57-115(58-30-22-18-14-2)99-35-27-25-33-87(99)97-55-43-80(72-109(97)115)78-41-51-91-89-47-37-74(64-101(89)111(5,6)105(91)68-78)76-39-49-93-95-53-45-82(70-107(95)113(9,10)103(93)66-76)84-61-85(63-86(62-84)123-124(121,122)117(118,119)120)83-46-54-96-94-50-40-77(67-104(94)114(11,12)108(96)71-83)75-38-48-90-92-52-42-79(69-106(92)112(7,8)102(90)65-75)81-44-56-98-88-34-26-28-36-100(88)116(110(98)73-81,59-31-23-19-15-3)60-32-24-20-16-4/h25-28,33-56,61-73H,13-24,29-32,57-60H2,1-12H3. The Kier molecular flexibility index (Phi) is 21.1. The summed E-state index contributed by atoms with van der Waals surface area (Å²) in [6.45, 7) is 27.7. The van der Waals surface area contributed by atoms with Crippen molar-refractivity contribution in [1.82, 2.24) is 0 Å². The molecule has 0 bridgehead atoms. The van der Waals surface area contributed by atoms with Crippen molar-refractivity contribution >= 4 is 10.1 Å². The van der Waals surface area contributed by atoms with Gasteiger partial charge in [0, 0.05) is 32.5 Å². The highest BCUT2D eigenvalue weighted by Crippen LogP contribution is 2.61. The van der Waals surface area contributed by atoms with E-state index in [1.54, 1.807) is 0 Å². The smallest absolute Gasteiger partial charge is 0.376 e. The van der Waals surface area contributed by atoms with Crippen LogP contribution in [-0.2, 0) is 42.6 Å². The maximum absolute atomic E-state index is 14.4. The molecule has 0 atom stereocenters. The van der Waals surface area contributed by atoms with Gasteiger partial charge < -0.3 is 4.18 Å². The third-order valence-corrected chi connectivity index (χ3v) is 31.4. The Bertz CT molecular complexity index is 6160. The van der Waals surface area contributed by atoms with Crippen molar-refractivity contribution in [2.45, 2.75) is 249 Å². The van der Waals surface area contributed by atoms with Crippen molar-refractivity contribution in [1.29, 1.82) is 0 Å². The van der Waals surface area contributed by atoms with E-state index in [1.807, 2.05) is 18.2 Å². The molecule has 0 saturated carbocycles. The third-order valence-electron chi connectivity index (χ3n) is 30.5. The second-order valence-corrected chi connectivity index (χ2v) is 40.9. The lowest BCUT2D eigenvalue weighted by Gasteiger charge is -2.33. The topological polar surface area (TPSA) is 43.4 Å². The van der Waals surface area contributed by atoms with E-state index in [4.69, 9.17) is 4.18 Å². The molecule has 3 nitrogen and oxygen atoms in total. The van der Waals surface area contributed by atoms with Crippen LogP contribution in [0.3, 0.4) is 0 Å². The quantitative estimate of drug-likeness (QED) is 0.0279. The van der Waals surface area contributed by atoms with Gasteiger partial charge in [-0.25, -0.2) is 0 Å². The molecule has 0 N–H and O–H groups in total. The molecule has 13 aromatic rings. The average Bonchev–Trinajstić information content (AvgIpc) is 1.59. The number of benzene rings is 13. The highest BCUT2D eigenvalue weighted by atomic mass is 32.2. The summed E-state index contributed by atoms with van der Waals surface area (Å²) in [5, 5.41) is 0. The number of hydrogen-bond acceptors (Lipinski definition) is 3. The first-order chi connectivity index (χ1) is 59.6. The molecular weight excluding hydrogens is 1540 g/mol. The zero-order chi connectivity index (χ0) is 86.2. The van der Waals surface area contributed by atoms with Gasteiger partial charge in [-0.3, -0.25) is 0 Å². The van der Waals surface area contributed by atoms with Gasteiger partial charge in [-0.15, -0.1) is 0 Å². The van der Waals surface area contributed by atoms with Crippen molar-refractivity contribution in [3.63, 3.8) is 0 Å². The fourth-order valence-corrected chi connectivity index (χ4v) is 24.0. The lowest BCUT2D eigenvalue weighted by Crippen LogP contribution is -2.28. The Morgan fingerprint density at radius 2 is 0.435 bits per heavy atom. The number of fused-ring (bicyclic) bond motifs is 18. The van der Waals surface area contributed by atoms with Gasteiger partial charge in [0.15, 0.2) is 0 Å². The number of halogens is 3. The molecule has 0 aliphatic heterocycles. The van der Waals surface area contributed by atoms with Crippen LogP contribution in [0.2, 0.25) is 0 Å². The maximum atomic E-state index is 14.4. The predicted molar refractivity (Wildman–Crippen MR) is 512 cm³/mol. The zero-order valence-electron chi connectivity index (χ0n) is 74.6. The second kappa shape index (κ2) is 31.5. The van der Waals surface area contributed by atoms with Gasteiger partial charge >= 0.3 is 15.6 Å². The normalized spacial score (nSPS) is 15.8. The van der Waals surface area contributed by atoms with E-state index in [0.717, 1.165) is 66.8 Å². The Labute approximate surface area is 735 Å². The lowest BCUT2D eigenvalue weighted by atomic mass is 9.70. The summed E-state index contributed by atoms with van der Waals surface area (Å²) in [5.74, 6) is -0.422. The summed E-state index contributed by atoms with van der Waals surface area (Å²) in [5.41, 5.74) is 35.9. The highest BCUT2D eigenvalue weighted by molar-refractivity contribution is 7.88. The Morgan fingerprint density at radius 1 is 0.234 bits per heavy atom. The van der Waals surface area contributed by atoms with Crippen LogP contribution in [0.25, 0.3) is 134 Å². The summed E-state index contributed by atoms with van der Waals surface area (Å²) >= 11 is 0. The summed E-state index contributed by atoms with van der Waals surface area (Å²) in [6, 6.07) is 92.6. The van der Waals surface area contributed by atoms with E-state index < -0.39 is 32.2 Å². The van der Waals surface area contributed by atoms with E-state index in [9.17, 15) is 21.6 Å². The molecule has 0 spiro atoms. The molecule has 7 heteroatoms. The Hall–Kier alpha value is -10.6. The molecule has 0 radical (unpaired) electrons. The van der Waals surface area contributed by atoms with Gasteiger partial charge in [0.1, 0.15) is 5.75 Å². The summed E-state index contributed by atoms with van der Waals surface area (Å²) in [7, 11) is -6.04. The molecule has 0 saturated heterocycles. The summed E-state index contributed by atoms with van der Waals surface area (Å²) in [4.78, 5) is 0. The molecule has 13 aromatic carbocycles. The van der Waals surface area contributed by atoms with Crippen molar-refractivity contribution in [2.24, 2.45) is 0 Å². The molecule has 6 aliphatic rings. The number of rotatable bonds is 28. The fraction of sp³-hybridized carbons (Fsp3) is 0.333. The molecule has 0 unspecified atom stereocenters. The molecule has 0 fully saturated rings. The van der Waals surface area contributed by atoms with E-state index in [2.05, 4.69) is 301 Å².